The number of nitrogens with zero attached hydrogens (tertiary/aromatic N) is 3. The van der Waals surface area contributed by atoms with Crippen LogP contribution < -0.4 is 10.0 Å². The minimum absolute atomic E-state index is 0.109. The van der Waals surface area contributed by atoms with Crippen molar-refractivity contribution >= 4 is 27.2 Å². The Hall–Kier alpha value is -5.00. The number of hydrogen-bond donors (Lipinski definition) is 2. The highest BCUT2D eigenvalue weighted by atomic mass is 32.2. The Morgan fingerprint density at radius 2 is 1.22 bits per heavy atom. The number of benzene rings is 4. The van der Waals surface area contributed by atoms with E-state index in [0.717, 1.165) is 11.1 Å². The van der Waals surface area contributed by atoms with E-state index in [1.54, 1.807) is 36.4 Å². The highest BCUT2D eigenvalue weighted by molar-refractivity contribution is 7.92. The number of hydrogen-bond acceptors (Lipinski definition) is 6. The summed E-state index contributed by atoms with van der Waals surface area (Å²) >= 11 is 0. The second-order valence-corrected chi connectivity index (χ2v) is 9.79. The molecule has 0 fully saturated rings. The molecule has 7 nitrogen and oxygen atoms in total. The lowest BCUT2D eigenvalue weighted by Crippen LogP contribution is -2.12. The molecule has 4 aromatic carbocycles. The molecule has 5 rings (SSSR count). The fourth-order valence-electron chi connectivity index (χ4n) is 3.89. The second-order valence-electron chi connectivity index (χ2n) is 8.11. The molecule has 180 valence electrons. The van der Waals surface area contributed by atoms with Crippen molar-refractivity contribution in [3.05, 3.63) is 121 Å². The lowest BCUT2D eigenvalue weighted by molar-refractivity contribution is 0.601. The maximum atomic E-state index is 12.7. The van der Waals surface area contributed by atoms with E-state index in [1.807, 2.05) is 66.7 Å². The minimum Gasteiger partial charge on any atom is -0.338 e. The Labute approximate surface area is 215 Å². The van der Waals surface area contributed by atoms with E-state index in [4.69, 9.17) is 0 Å². The number of nitrogens with one attached hydrogen (secondary N) is 2. The fourth-order valence-corrected chi connectivity index (χ4v) is 4.95. The first-order valence-electron chi connectivity index (χ1n) is 11.4. The van der Waals surface area contributed by atoms with E-state index >= 15 is 0 Å². The third-order valence-corrected chi connectivity index (χ3v) is 7.05. The van der Waals surface area contributed by atoms with Crippen LogP contribution in [0.15, 0.2) is 120 Å². The Balaban J connectivity index is 1.49. The van der Waals surface area contributed by atoms with Crippen molar-refractivity contribution in [1.82, 2.24) is 10.2 Å². The molecule has 0 aliphatic carbocycles. The molecule has 0 bridgehead atoms. The zero-order valence-electron chi connectivity index (χ0n) is 19.5. The van der Waals surface area contributed by atoms with E-state index in [1.165, 1.54) is 12.1 Å². The third-order valence-electron chi connectivity index (χ3n) is 5.65. The van der Waals surface area contributed by atoms with Crippen LogP contribution in [0.4, 0.5) is 17.2 Å². The van der Waals surface area contributed by atoms with Gasteiger partial charge >= 0.3 is 0 Å². The van der Waals surface area contributed by atoms with Crippen LogP contribution in [0.5, 0.6) is 0 Å². The molecular formula is C29H21N5O2S. The number of sulfonamides is 1. The van der Waals surface area contributed by atoms with Crippen molar-refractivity contribution in [2.45, 2.75) is 4.90 Å². The van der Waals surface area contributed by atoms with Gasteiger partial charge in [-0.2, -0.15) is 5.26 Å². The lowest BCUT2D eigenvalue weighted by Gasteiger charge is -2.15. The fraction of sp³-hybridized carbons (Fsp3) is 0. The highest BCUT2D eigenvalue weighted by Crippen LogP contribution is 2.36. The van der Waals surface area contributed by atoms with Crippen LogP contribution in [0.3, 0.4) is 0 Å². The van der Waals surface area contributed by atoms with Crippen LogP contribution in [-0.2, 0) is 10.0 Å². The summed E-state index contributed by atoms with van der Waals surface area (Å²) in [4.78, 5) is 0.109. The molecule has 0 amide bonds. The van der Waals surface area contributed by atoms with Crippen molar-refractivity contribution in [2.24, 2.45) is 0 Å². The first-order valence-corrected chi connectivity index (χ1v) is 12.9. The minimum atomic E-state index is -3.75. The smallest absolute Gasteiger partial charge is 0.261 e. The Bertz CT molecular complexity index is 1670. The second kappa shape index (κ2) is 10.3. The molecule has 0 saturated heterocycles. The topological polar surface area (TPSA) is 108 Å². The van der Waals surface area contributed by atoms with Gasteiger partial charge in [0.25, 0.3) is 10.0 Å². The maximum absolute atomic E-state index is 12.7. The van der Waals surface area contributed by atoms with Gasteiger partial charge in [0.2, 0.25) is 0 Å². The Morgan fingerprint density at radius 1 is 0.649 bits per heavy atom. The molecule has 0 spiro atoms. The molecule has 8 heteroatoms. The molecule has 0 aliphatic heterocycles. The summed E-state index contributed by atoms with van der Waals surface area (Å²) in [5.41, 5.74) is 4.33. The molecular weight excluding hydrogens is 482 g/mol. The van der Waals surface area contributed by atoms with Crippen LogP contribution >= 0.6 is 0 Å². The standard InChI is InChI=1S/C29H21N5O2S/c30-20-26-27(21-10-4-1-5-11-21)28(22-12-6-2-7-13-22)32-33-29(26)31-23-16-18-25(19-17-23)37(35,36)34-24-14-8-3-9-15-24/h1-19,34H,(H,31,33). The van der Waals surface area contributed by atoms with E-state index < -0.39 is 10.0 Å². The molecule has 0 aliphatic rings. The van der Waals surface area contributed by atoms with Gasteiger partial charge < -0.3 is 5.32 Å². The highest BCUT2D eigenvalue weighted by Gasteiger charge is 2.20. The Morgan fingerprint density at radius 3 is 1.81 bits per heavy atom. The van der Waals surface area contributed by atoms with Crippen molar-refractivity contribution < 1.29 is 8.42 Å². The van der Waals surface area contributed by atoms with Gasteiger partial charge in [0.05, 0.1) is 4.90 Å². The Kier molecular flexibility index (Phi) is 6.62. The summed E-state index contributed by atoms with van der Waals surface area (Å²) < 4.78 is 28.1. The molecule has 5 aromatic rings. The zero-order chi connectivity index (χ0) is 25.7. The molecule has 0 atom stereocenters. The number of rotatable bonds is 7. The summed E-state index contributed by atoms with van der Waals surface area (Å²) in [6, 6.07) is 36.3. The predicted octanol–water partition coefficient (Wildman–Crippen LogP) is 6.23. The first kappa shape index (κ1) is 23.7. The van der Waals surface area contributed by atoms with Gasteiger partial charge in [0, 0.05) is 22.5 Å². The monoisotopic (exact) mass is 503 g/mol. The zero-order valence-corrected chi connectivity index (χ0v) is 20.4. The summed E-state index contributed by atoms with van der Waals surface area (Å²) in [7, 11) is -3.75. The number of aromatic nitrogens is 2. The lowest BCUT2D eigenvalue weighted by atomic mass is 9.95. The summed E-state index contributed by atoms with van der Waals surface area (Å²) in [6.07, 6.45) is 0. The molecule has 0 unspecified atom stereocenters. The van der Waals surface area contributed by atoms with Crippen molar-refractivity contribution in [3.8, 4) is 28.5 Å². The number of para-hydroxylation sites is 1. The molecule has 37 heavy (non-hydrogen) atoms. The van der Waals surface area contributed by atoms with Crippen LogP contribution in [0.2, 0.25) is 0 Å². The van der Waals surface area contributed by atoms with Crippen LogP contribution in [0, 0.1) is 11.3 Å². The summed E-state index contributed by atoms with van der Waals surface area (Å²) in [5.74, 6) is 0.277. The third kappa shape index (κ3) is 5.17. The van der Waals surface area contributed by atoms with Gasteiger partial charge in [-0.05, 0) is 42.0 Å². The van der Waals surface area contributed by atoms with Gasteiger partial charge in [-0.3, -0.25) is 4.72 Å². The van der Waals surface area contributed by atoms with Gasteiger partial charge in [-0.1, -0.05) is 78.9 Å². The number of anilines is 3. The normalized spacial score (nSPS) is 10.9. The van der Waals surface area contributed by atoms with Crippen molar-refractivity contribution in [2.75, 3.05) is 10.0 Å². The average Bonchev–Trinajstić information content (AvgIpc) is 2.94. The number of nitriles is 1. The first-order chi connectivity index (χ1) is 18.0. The van der Waals surface area contributed by atoms with E-state index in [-0.39, 0.29) is 10.7 Å². The maximum Gasteiger partial charge on any atom is 0.261 e. The molecule has 0 radical (unpaired) electrons. The molecule has 1 aromatic heterocycles. The van der Waals surface area contributed by atoms with E-state index in [0.29, 0.717) is 28.2 Å². The average molecular weight is 504 g/mol. The summed E-state index contributed by atoms with van der Waals surface area (Å²) in [5, 5.41) is 22.1. The van der Waals surface area contributed by atoms with Crippen molar-refractivity contribution in [3.63, 3.8) is 0 Å². The van der Waals surface area contributed by atoms with Crippen LogP contribution in [0.25, 0.3) is 22.4 Å². The SMILES string of the molecule is N#Cc1c(Nc2ccc(S(=O)(=O)Nc3ccccc3)cc2)nnc(-c2ccccc2)c1-c1ccccc1. The molecule has 0 saturated carbocycles. The van der Waals surface area contributed by atoms with Gasteiger partial charge in [0.15, 0.2) is 5.82 Å². The predicted molar refractivity (Wildman–Crippen MR) is 145 cm³/mol. The van der Waals surface area contributed by atoms with Gasteiger partial charge in [-0.15, -0.1) is 10.2 Å². The van der Waals surface area contributed by atoms with Gasteiger partial charge in [0.1, 0.15) is 17.3 Å². The van der Waals surface area contributed by atoms with Crippen LogP contribution in [-0.4, -0.2) is 18.6 Å². The van der Waals surface area contributed by atoms with Crippen LogP contribution in [0.1, 0.15) is 5.56 Å². The largest absolute Gasteiger partial charge is 0.338 e. The molecule has 1 heterocycles. The van der Waals surface area contributed by atoms with Gasteiger partial charge in [-0.25, -0.2) is 8.42 Å². The van der Waals surface area contributed by atoms with Crippen molar-refractivity contribution in [1.29, 1.82) is 5.26 Å². The quantitative estimate of drug-likeness (QED) is 0.273. The summed E-state index contributed by atoms with van der Waals surface area (Å²) in [6.45, 7) is 0. The van der Waals surface area contributed by atoms with E-state index in [9.17, 15) is 13.7 Å². The molecule has 2 N–H and O–H groups in total. The van der Waals surface area contributed by atoms with E-state index in [2.05, 4.69) is 26.3 Å².